The lowest BCUT2D eigenvalue weighted by Crippen LogP contribution is -2.54. The van der Waals surface area contributed by atoms with E-state index in [0.717, 1.165) is 25.6 Å². The third-order valence-electron chi connectivity index (χ3n) is 3.44. The first-order chi connectivity index (χ1) is 9.20. The molecule has 0 spiro atoms. The van der Waals surface area contributed by atoms with Crippen molar-refractivity contribution < 1.29 is 23.1 Å². The molecule has 20 heavy (non-hydrogen) atoms. The van der Waals surface area contributed by atoms with Crippen LogP contribution in [0.4, 0.5) is 0 Å². The maximum Gasteiger partial charge on any atom is 0.326 e. The fraction of sp³-hybridized carbons (Fsp3) is 0.833. The lowest BCUT2D eigenvalue weighted by atomic mass is 9.92. The Morgan fingerprint density at radius 3 is 2.60 bits per heavy atom. The first kappa shape index (κ1) is 16.9. The lowest BCUT2D eigenvalue weighted by Gasteiger charge is -2.30. The summed E-state index contributed by atoms with van der Waals surface area (Å²) in [6, 6.07) is -1.59. The number of carbonyl (C=O) groups excluding carboxylic acids is 1. The quantitative estimate of drug-likeness (QED) is 0.603. The predicted molar refractivity (Wildman–Crippen MR) is 74.1 cm³/mol. The molecule has 0 aromatic rings. The van der Waals surface area contributed by atoms with Crippen molar-refractivity contribution in [3.05, 3.63) is 0 Å². The molecular weight excluding hydrogens is 284 g/mol. The molecule has 7 nitrogen and oxygen atoms in total. The van der Waals surface area contributed by atoms with Crippen LogP contribution < -0.4 is 10.6 Å². The highest BCUT2D eigenvalue weighted by Crippen LogP contribution is 2.15. The summed E-state index contributed by atoms with van der Waals surface area (Å²) < 4.78 is 22.2. The summed E-state index contributed by atoms with van der Waals surface area (Å²) in [5, 5.41) is 14.5. The van der Waals surface area contributed by atoms with Gasteiger partial charge in [0.1, 0.15) is 15.9 Å². The van der Waals surface area contributed by atoms with Gasteiger partial charge in [-0.3, -0.25) is 4.79 Å². The lowest BCUT2D eigenvalue weighted by molar-refractivity contribution is -0.142. The average molecular weight is 306 g/mol. The van der Waals surface area contributed by atoms with Crippen LogP contribution in [0.5, 0.6) is 0 Å². The standard InChI is InChI=1S/C12H22N2O5S/c1-8-4-3-6-13-10(8)11(15)14-9(12(16)17)5-7-20(2,18)19/h8-10,13H,3-7H2,1-2H3,(H,14,15)(H,16,17). The molecule has 0 aromatic heterocycles. The summed E-state index contributed by atoms with van der Waals surface area (Å²) >= 11 is 0. The number of hydrogen-bond donors (Lipinski definition) is 3. The Labute approximate surface area is 119 Å². The smallest absolute Gasteiger partial charge is 0.326 e. The Morgan fingerprint density at radius 1 is 1.45 bits per heavy atom. The number of carboxylic acid groups (broad SMARTS) is 1. The highest BCUT2D eigenvalue weighted by atomic mass is 32.2. The van der Waals surface area contributed by atoms with E-state index in [4.69, 9.17) is 5.11 Å². The molecule has 1 saturated heterocycles. The van der Waals surface area contributed by atoms with Crippen LogP contribution in [-0.4, -0.2) is 56.0 Å². The topological polar surface area (TPSA) is 113 Å². The average Bonchev–Trinajstić information content (AvgIpc) is 2.33. The van der Waals surface area contributed by atoms with E-state index in [1.807, 2.05) is 6.92 Å². The van der Waals surface area contributed by atoms with Crippen molar-refractivity contribution in [2.75, 3.05) is 18.6 Å². The van der Waals surface area contributed by atoms with Crippen molar-refractivity contribution in [3.63, 3.8) is 0 Å². The van der Waals surface area contributed by atoms with E-state index in [9.17, 15) is 18.0 Å². The number of aliphatic carboxylic acids is 1. The number of amides is 1. The molecular formula is C12H22N2O5S. The molecule has 1 heterocycles. The van der Waals surface area contributed by atoms with Gasteiger partial charge < -0.3 is 15.7 Å². The number of rotatable bonds is 6. The molecule has 8 heteroatoms. The van der Waals surface area contributed by atoms with Crippen LogP contribution in [-0.2, 0) is 19.4 Å². The summed E-state index contributed by atoms with van der Waals surface area (Å²) in [6.45, 7) is 2.66. The third kappa shape index (κ3) is 5.46. The number of carboxylic acids is 1. The zero-order valence-electron chi connectivity index (χ0n) is 11.8. The summed E-state index contributed by atoms with van der Waals surface area (Å²) in [7, 11) is -3.25. The SMILES string of the molecule is CC1CCCNC1C(=O)NC(CCS(C)(=O)=O)C(=O)O. The Balaban J connectivity index is 2.60. The molecule has 116 valence electrons. The summed E-state index contributed by atoms with van der Waals surface area (Å²) in [4.78, 5) is 23.1. The van der Waals surface area contributed by atoms with Crippen LogP contribution in [0.3, 0.4) is 0 Å². The third-order valence-corrected chi connectivity index (χ3v) is 4.42. The molecule has 3 unspecified atom stereocenters. The highest BCUT2D eigenvalue weighted by Gasteiger charge is 2.30. The van der Waals surface area contributed by atoms with Gasteiger partial charge in [-0.25, -0.2) is 13.2 Å². The maximum atomic E-state index is 12.1. The van der Waals surface area contributed by atoms with Crippen LogP contribution in [0.25, 0.3) is 0 Å². The maximum absolute atomic E-state index is 12.1. The van der Waals surface area contributed by atoms with E-state index in [1.165, 1.54) is 0 Å². The molecule has 1 amide bonds. The molecule has 0 bridgehead atoms. The first-order valence-electron chi connectivity index (χ1n) is 6.65. The zero-order chi connectivity index (χ0) is 15.3. The highest BCUT2D eigenvalue weighted by molar-refractivity contribution is 7.90. The molecule has 0 radical (unpaired) electrons. The van der Waals surface area contributed by atoms with E-state index in [-0.39, 0.29) is 24.0 Å². The van der Waals surface area contributed by atoms with Gasteiger partial charge in [0.15, 0.2) is 0 Å². The van der Waals surface area contributed by atoms with Crippen molar-refractivity contribution >= 4 is 21.7 Å². The Kier molecular flexibility index (Phi) is 5.94. The molecule has 0 aliphatic carbocycles. The predicted octanol–water partition coefficient (Wildman–Crippen LogP) is -0.621. The Hall–Kier alpha value is -1.15. The number of sulfone groups is 1. The minimum atomic E-state index is -3.25. The van der Waals surface area contributed by atoms with E-state index < -0.39 is 27.9 Å². The summed E-state index contributed by atoms with van der Waals surface area (Å²) in [5.41, 5.74) is 0. The van der Waals surface area contributed by atoms with Crippen LogP contribution in [0, 0.1) is 5.92 Å². The monoisotopic (exact) mass is 306 g/mol. The summed E-state index contributed by atoms with van der Waals surface area (Å²) in [5.74, 6) is -1.73. The largest absolute Gasteiger partial charge is 0.480 e. The van der Waals surface area contributed by atoms with Gasteiger partial charge in [-0.15, -0.1) is 0 Å². The van der Waals surface area contributed by atoms with E-state index >= 15 is 0 Å². The molecule has 3 N–H and O–H groups in total. The van der Waals surface area contributed by atoms with Crippen LogP contribution in [0.2, 0.25) is 0 Å². The second-order valence-corrected chi connectivity index (χ2v) is 7.63. The van der Waals surface area contributed by atoms with Gasteiger partial charge in [0.2, 0.25) is 5.91 Å². The number of hydrogen-bond acceptors (Lipinski definition) is 5. The fourth-order valence-corrected chi connectivity index (χ4v) is 2.92. The second kappa shape index (κ2) is 7.03. The van der Waals surface area contributed by atoms with Crippen molar-refractivity contribution in [1.82, 2.24) is 10.6 Å². The molecule has 3 atom stereocenters. The van der Waals surface area contributed by atoms with Crippen molar-refractivity contribution in [2.45, 2.75) is 38.3 Å². The van der Waals surface area contributed by atoms with Gasteiger partial charge in [-0.2, -0.15) is 0 Å². The molecule has 0 aromatic carbocycles. The minimum Gasteiger partial charge on any atom is -0.480 e. The normalized spacial score (nSPS) is 24.9. The van der Waals surface area contributed by atoms with Gasteiger partial charge >= 0.3 is 5.97 Å². The minimum absolute atomic E-state index is 0.124. The van der Waals surface area contributed by atoms with Crippen molar-refractivity contribution in [3.8, 4) is 0 Å². The van der Waals surface area contributed by atoms with Gasteiger partial charge in [0.05, 0.1) is 11.8 Å². The zero-order valence-corrected chi connectivity index (χ0v) is 12.6. The molecule has 1 aliphatic rings. The van der Waals surface area contributed by atoms with Gasteiger partial charge in [-0.1, -0.05) is 6.92 Å². The van der Waals surface area contributed by atoms with Crippen molar-refractivity contribution in [1.29, 1.82) is 0 Å². The first-order valence-corrected chi connectivity index (χ1v) is 8.71. The molecule has 0 saturated carbocycles. The number of carbonyl (C=O) groups is 2. The second-order valence-electron chi connectivity index (χ2n) is 5.37. The number of piperidine rings is 1. The summed E-state index contributed by atoms with van der Waals surface area (Å²) in [6.07, 6.45) is 2.81. The van der Waals surface area contributed by atoms with Crippen LogP contribution >= 0.6 is 0 Å². The van der Waals surface area contributed by atoms with E-state index in [0.29, 0.717) is 0 Å². The van der Waals surface area contributed by atoms with E-state index in [1.54, 1.807) is 0 Å². The van der Waals surface area contributed by atoms with E-state index in [2.05, 4.69) is 10.6 Å². The number of nitrogens with one attached hydrogen (secondary N) is 2. The van der Waals surface area contributed by atoms with Gasteiger partial charge in [0.25, 0.3) is 0 Å². The van der Waals surface area contributed by atoms with Crippen LogP contribution in [0.15, 0.2) is 0 Å². The van der Waals surface area contributed by atoms with Crippen molar-refractivity contribution in [2.24, 2.45) is 5.92 Å². The van der Waals surface area contributed by atoms with Gasteiger partial charge in [-0.05, 0) is 31.7 Å². The molecule has 1 aliphatic heterocycles. The van der Waals surface area contributed by atoms with Crippen LogP contribution in [0.1, 0.15) is 26.2 Å². The molecule has 1 fully saturated rings. The fourth-order valence-electron chi connectivity index (χ4n) is 2.25. The molecule has 1 rings (SSSR count). The van der Waals surface area contributed by atoms with Gasteiger partial charge in [0, 0.05) is 6.26 Å². The Bertz CT molecular complexity index is 462. The Morgan fingerprint density at radius 2 is 2.10 bits per heavy atom.